The van der Waals surface area contributed by atoms with Crippen LogP contribution in [0, 0.1) is 0 Å². The first-order valence-electron chi connectivity index (χ1n) is 7.50. The molecule has 4 atom stereocenters. The average Bonchev–Trinajstić information content (AvgIpc) is 2.50. The lowest BCUT2D eigenvalue weighted by molar-refractivity contribution is -0.242. The number of aromatic amines is 1. The van der Waals surface area contributed by atoms with E-state index in [1.54, 1.807) is 0 Å². The van der Waals surface area contributed by atoms with E-state index in [1.807, 2.05) is 4.98 Å². The standard InChI is InChI=1S/C14H17N3O9/c1-6(18)24-9-5-23-13(17-14(22)16-10(21)4-15-17)12(26-8(3)20)11(9)25-7(2)19/h4,9,11-13H,5H2,1-3H3,(H,16,21,22)/t9-,11+,12-,13+/m1/s1. The fourth-order valence-electron chi connectivity index (χ4n) is 2.48. The van der Waals surface area contributed by atoms with Gasteiger partial charge in [0.25, 0.3) is 5.56 Å². The van der Waals surface area contributed by atoms with Gasteiger partial charge in [0.1, 0.15) is 6.20 Å². The van der Waals surface area contributed by atoms with Crippen molar-refractivity contribution in [3.8, 4) is 0 Å². The summed E-state index contributed by atoms with van der Waals surface area (Å²) in [6, 6.07) is 0. The van der Waals surface area contributed by atoms with Crippen molar-refractivity contribution < 1.29 is 33.3 Å². The molecule has 12 nitrogen and oxygen atoms in total. The molecule has 0 unspecified atom stereocenters. The van der Waals surface area contributed by atoms with Gasteiger partial charge in [-0.2, -0.15) is 9.78 Å². The lowest BCUT2D eigenvalue weighted by atomic mass is 10.0. The summed E-state index contributed by atoms with van der Waals surface area (Å²) >= 11 is 0. The van der Waals surface area contributed by atoms with Crippen LogP contribution in [0.3, 0.4) is 0 Å². The molecule has 0 aliphatic carbocycles. The molecule has 0 saturated carbocycles. The minimum absolute atomic E-state index is 0.271. The summed E-state index contributed by atoms with van der Waals surface area (Å²) in [5.74, 6) is -2.16. The molecule has 26 heavy (non-hydrogen) atoms. The maximum Gasteiger partial charge on any atom is 0.347 e. The van der Waals surface area contributed by atoms with Crippen molar-refractivity contribution >= 4 is 17.9 Å². The molecule has 0 radical (unpaired) electrons. The molecule has 0 spiro atoms. The van der Waals surface area contributed by atoms with Crippen LogP contribution in [0.1, 0.15) is 27.0 Å². The molecule has 0 bridgehead atoms. The van der Waals surface area contributed by atoms with E-state index in [4.69, 9.17) is 18.9 Å². The molecule has 1 saturated heterocycles. The predicted octanol–water partition coefficient (Wildman–Crippen LogP) is -1.74. The lowest BCUT2D eigenvalue weighted by Crippen LogP contribution is -2.57. The number of aromatic nitrogens is 3. The largest absolute Gasteiger partial charge is 0.456 e. The quantitative estimate of drug-likeness (QED) is 0.476. The second kappa shape index (κ2) is 7.91. The molecule has 12 heteroatoms. The smallest absolute Gasteiger partial charge is 0.347 e. The first-order chi connectivity index (χ1) is 12.2. The molecular weight excluding hydrogens is 354 g/mol. The summed E-state index contributed by atoms with van der Waals surface area (Å²) in [5, 5.41) is 3.65. The van der Waals surface area contributed by atoms with E-state index in [0.717, 1.165) is 31.6 Å². The molecule has 2 heterocycles. The van der Waals surface area contributed by atoms with E-state index in [2.05, 4.69) is 5.10 Å². The van der Waals surface area contributed by atoms with Crippen molar-refractivity contribution in [1.82, 2.24) is 14.8 Å². The Bertz CT molecular complexity index is 814. The minimum Gasteiger partial charge on any atom is -0.456 e. The average molecular weight is 371 g/mol. The third-order valence-electron chi connectivity index (χ3n) is 3.30. The van der Waals surface area contributed by atoms with Gasteiger partial charge in [0.05, 0.1) is 6.61 Å². The molecule has 142 valence electrons. The molecule has 1 aromatic rings. The Labute approximate surface area is 146 Å². The van der Waals surface area contributed by atoms with Crippen molar-refractivity contribution in [2.75, 3.05) is 6.61 Å². The highest BCUT2D eigenvalue weighted by atomic mass is 16.6. The zero-order valence-electron chi connectivity index (χ0n) is 14.2. The van der Waals surface area contributed by atoms with Gasteiger partial charge in [-0.15, -0.1) is 0 Å². The number of carbonyl (C=O) groups excluding carboxylic acids is 3. The predicted molar refractivity (Wildman–Crippen MR) is 80.8 cm³/mol. The minimum atomic E-state index is -1.36. The molecule has 1 aliphatic heterocycles. The molecule has 1 aromatic heterocycles. The summed E-state index contributed by atoms with van der Waals surface area (Å²) in [6.07, 6.45) is -4.17. The van der Waals surface area contributed by atoms with Crippen LogP contribution in [-0.2, 0) is 33.3 Å². The van der Waals surface area contributed by atoms with E-state index in [9.17, 15) is 24.0 Å². The second-order valence-electron chi connectivity index (χ2n) is 5.40. The number of esters is 3. The summed E-state index contributed by atoms with van der Waals surface area (Å²) in [4.78, 5) is 59.4. The molecule has 0 aromatic carbocycles. The summed E-state index contributed by atoms with van der Waals surface area (Å²) in [5.41, 5.74) is -1.66. The Morgan fingerprint density at radius 3 is 2.19 bits per heavy atom. The Balaban J connectivity index is 2.46. The maximum absolute atomic E-state index is 12.0. The van der Waals surface area contributed by atoms with Crippen LogP contribution >= 0.6 is 0 Å². The Kier molecular flexibility index (Phi) is 5.87. The Hall–Kier alpha value is -3.02. The van der Waals surface area contributed by atoms with Gasteiger partial charge in [-0.1, -0.05) is 0 Å². The molecule has 2 rings (SSSR count). The Morgan fingerprint density at radius 2 is 1.65 bits per heavy atom. The third kappa shape index (κ3) is 4.53. The first kappa shape index (κ1) is 19.3. The van der Waals surface area contributed by atoms with Crippen molar-refractivity contribution in [3.63, 3.8) is 0 Å². The van der Waals surface area contributed by atoms with Crippen molar-refractivity contribution in [1.29, 1.82) is 0 Å². The van der Waals surface area contributed by atoms with Crippen LogP contribution in [0.2, 0.25) is 0 Å². The van der Waals surface area contributed by atoms with E-state index in [-0.39, 0.29) is 6.61 Å². The van der Waals surface area contributed by atoms with Gasteiger partial charge in [-0.25, -0.2) is 4.79 Å². The van der Waals surface area contributed by atoms with Gasteiger partial charge in [-0.05, 0) is 0 Å². The van der Waals surface area contributed by atoms with E-state index >= 15 is 0 Å². The lowest BCUT2D eigenvalue weighted by Gasteiger charge is -2.40. The highest BCUT2D eigenvalue weighted by Crippen LogP contribution is 2.29. The van der Waals surface area contributed by atoms with E-state index in [1.165, 1.54) is 0 Å². The highest BCUT2D eigenvalue weighted by molar-refractivity contribution is 5.68. The SMILES string of the molecule is CC(=O)O[C@@H]1[C@@H](OC(C)=O)[C@@H](n2ncc(=O)[nH]c2=O)OC[C@H]1OC(C)=O. The normalized spacial score (nSPS) is 25.2. The molecule has 1 aliphatic rings. The van der Waals surface area contributed by atoms with Crippen molar-refractivity contribution in [2.24, 2.45) is 0 Å². The number of rotatable bonds is 4. The summed E-state index contributed by atoms with van der Waals surface area (Å²) in [7, 11) is 0. The van der Waals surface area contributed by atoms with Crippen LogP contribution in [0.5, 0.6) is 0 Å². The van der Waals surface area contributed by atoms with Crippen molar-refractivity contribution in [3.05, 3.63) is 27.0 Å². The van der Waals surface area contributed by atoms with Crippen molar-refractivity contribution in [2.45, 2.75) is 45.3 Å². The summed E-state index contributed by atoms with van der Waals surface area (Å²) < 4.78 is 21.5. The maximum atomic E-state index is 12.0. The van der Waals surface area contributed by atoms with Gasteiger partial charge >= 0.3 is 23.6 Å². The zero-order chi connectivity index (χ0) is 19.4. The highest BCUT2D eigenvalue weighted by Gasteiger charge is 2.48. The van der Waals surface area contributed by atoms with Crippen LogP contribution in [0.4, 0.5) is 0 Å². The third-order valence-corrected chi connectivity index (χ3v) is 3.30. The fourth-order valence-corrected chi connectivity index (χ4v) is 2.48. The number of nitrogens with one attached hydrogen (secondary N) is 1. The van der Waals surface area contributed by atoms with Gasteiger partial charge < -0.3 is 18.9 Å². The van der Waals surface area contributed by atoms with Crippen LogP contribution in [0.15, 0.2) is 15.8 Å². The molecule has 1 N–H and O–H groups in total. The number of hydrogen-bond acceptors (Lipinski definition) is 10. The Morgan fingerprint density at radius 1 is 1.08 bits per heavy atom. The zero-order valence-corrected chi connectivity index (χ0v) is 14.2. The van der Waals surface area contributed by atoms with Crippen LogP contribution < -0.4 is 11.2 Å². The van der Waals surface area contributed by atoms with E-state index in [0.29, 0.717) is 0 Å². The number of carbonyl (C=O) groups is 3. The number of hydrogen-bond donors (Lipinski definition) is 1. The molecule has 1 fully saturated rings. The molecular formula is C14H17N3O9. The van der Waals surface area contributed by atoms with Gasteiger partial charge in [-0.3, -0.25) is 24.2 Å². The number of nitrogens with zero attached hydrogens (tertiary/aromatic N) is 2. The summed E-state index contributed by atoms with van der Waals surface area (Å²) in [6.45, 7) is 3.09. The number of H-pyrrole nitrogens is 1. The number of ether oxygens (including phenoxy) is 4. The second-order valence-corrected chi connectivity index (χ2v) is 5.40. The topological polar surface area (TPSA) is 156 Å². The van der Waals surface area contributed by atoms with Crippen LogP contribution in [-0.4, -0.2) is 57.6 Å². The van der Waals surface area contributed by atoms with Gasteiger partial charge in [0.15, 0.2) is 24.5 Å². The molecule has 0 amide bonds. The fraction of sp³-hybridized carbons (Fsp3) is 0.571. The van der Waals surface area contributed by atoms with Crippen LogP contribution in [0.25, 0.3) is 0 Å². The van der Waals surface area contributed by atoms with Gasteiger partial charge in [0.2, 0.25) is 0 Å². The van der Waals surface area contributed by atoms with Gasteiger partial charge in [0, 0.05) is 20.8 Å². The van der Waals surface area contributed by atoms with E-state index < -0.39 is 53.7 Å². The monoisotopic (exact) mass is 371 g/mol. The first-order valence-corrected chi connectivity index (χ1v) is 7.50.